The molecule has 1 nitrogen and oxygen atoms in total. The summed E-state index contributed by atoms with van der Waals surface area (Å²) in [6.45, 7) is 3.08. The van der Waals surface area contributed by atoms with Crippen molar-refractivity contribution in [3.63, 3.8) is 0 Å². The van der Waals surface area contributed by atoms with E-state index in [1.807, 2.05) is 6.92 Å². The molecular formula is C29H20F8O. The van der Waals surface area contributed by atoms with E-state index in [0.29, 0.717) is 30.2 Å². The number of benzene rings is 4. The van der Waals surface area contributed by atoms with Crippen molar-refractivity contribution in [1.29, 1.82) is 0 Å². The molecule has 4 rings (SSSR count). The maximum absolute atomic E-state index is 14.8. The average Bonchev–Trinajstić information content (AvgIpc) is 2.81. The Morgan fingerprint density at radius 1 is 0.632 bits per heavy atom. The predicted molar refractivity (Wildman–Crippen MR) is 127 cm³/mol. The van der Waals surface area contributed by atoms with E-state index < -0.39 is 52.3 Å². The Balaban J connectivity index is 1.63. The molecule has 0 aromatic heterocycles. The zero-order valence-corrected chi connectivity index (χ0v) is 20.1. The molecule has 0 saturated carbocycles. The van der Waals surface area contributed by atoms with Crippen molar-refractivity contribution in [2.45, 2.75) is 32.8 Å². The third kappa shape index (κ3) is 5.37. The van der Waals surface area contributed by atoms with Crippen molar-refractivity contribution in [3.05, 3.63) is 112 Å². The van der Waals surface area contributed by atoms with Crippen LogP contribution < -0.4 is 4.74 Å². The molecule has 0 aliphatic rings. The zero-order valence-electron chi connectivity index (χ0n) is 20.1. The minimum absolute atomic E-state index is 0.180. The zero-order chi connectivity index (χ0) is 27.8. The fourth-order valence-corrected chi connectivity index (χ4v) is 4.04. The minimum atomic E-state index is -4.59. The Hall–Kier alpha value is -3.88. The topological polar surface area (TPSA) is 9.23 Å². The molecule has 0 unspecified atom stereocenters. The van der Waals surface area contributed by atoms with Gasteiger partial charge in [0.2, 0.25) is 0 Å². The number of rotatable bonds is 7. The van der Waals surface area contributed by atoms with Gasteiger partial charge in [0.25, 0.3) is 0 Å². The third-order valence-electron chi connectivity index (χ3n) is 5.99. The summed E-state index contributed by atoms with van der Waals surface area (Å²) >= 11 is 0. The molecule has 0 heterocycles. The van der Waals surface area contributed by atoms with E-state index in [-0.39, 0.29) is 27.8 Å². The smallest absolute Gasteiger partial charge is 0.429 e. The second kappa shape index (κ2) is 10.5. The maximum atomic E-state index is 14.8. The van der Waals surface area contributed by atoms with E-state index in [9.17, 15) is 35.1 Å². The number of halogens is 8. The van der Waals surface area contributed by atoms with Gasteiger partial charge in [0.1, 0.15) is 46.2 Å². The molecule has 198 valence electrons. The first-order chi connectivity index (χ1) is 17.9. The van der Waals surface area contributed by atoms with Crippen LogP contribution >= 0.6 is 0 Å². The van der Waals surface area contributed by atoms with E-state index in [4.69, 9.17) is 0 Å². The lowest BCUT2D eigenvalue weighted by atomic mass is 9.99. The Labute approximate surface area is 213 Å². The van der Waals surface area contributed by atoms with Gasteiger partial charge in [-0.05, 0) is 72.5 Å². The molecule has 0 amide bonds. The molecular weight excluding hydrogens is 516 g/mol. The molecule has 38 heavy (non-hydrogen) atoms. The molecule has 0 fully saturated rings. The fraction of sp³-hybridized carbons (Fsp3) is 0.172. The third-order valence-corrected chi connectivity index (χ3v) is 5.99. The van der Waals surface area contributed by atoms with Crippen LogP contribution in [0.4, 0.5) is 35.1 Å². The average molecular weight is 536 g/mol. The summed E-state index contributed by atoms with van der Waals surface area (Å²) in [4.78, 5) is 0. The summed E-state index contributed by atoms with van der Waals surface area (Å²) in [5.74, 6) is -8.01. The first kappa shape index (κ1) is 27.2. The van der Waals surface area contributed by atoms with E-state index in [0.717, 1.165) is 30.7 Å². The van der Waals surface area contributed by atoms with Gasteiger partial charge in [-0.25, -0.2) is 26.3 Å². The van der Waals surface area contributed by atoms with Gasteiger partial charge in [-0.15, -0.1) is 0 Å². The van der Waals surface area contributed by atoms with Gasteiger partial charge in [-0.2, -0.15) is 8.78 Å². The van der Waals surface area contributed by atoms with Gasteiger partial charge in [-0.3, -0.25) is 0 Å². The molecule has 4 aromatic rings. The Morgan fingerprint density at radius 2 is 1.13 bits per heavy atom. The van der Waals surface area contributed by atoms with Crippen molar-refractivity contribution < 1.29 is 39.9 Å². The van der Waals surface area contributed by atoms with Crippen LogP contribution in [0, 0.1) is 41.8 Å². The van der Waals surface area contributed by atoms with E-state index in [2.05, 4.69) is 4.74 Å². The van der Waals surface area contributed by atoms with Gasteiger partial charge >= 0.3 is 6.11 Å². The second-order valence-corrected chi connectivity index (χ2v) is 8.70. The van der Waals surface area contributed by atoms with Gasteiger partial charge in [-0.1, -0.05) is 25.5 Å². The molecule has 9 heteroatoms. The minimum Gasteiger partial charge on any atom is -0.429 e. The first-order valence-corrected chi connectivity index (χ1v) is 11.5. The predicted octanol–water partition coefficient (Wildman–Crippen LogP) is 9.24. The normalized spacial score (nSPS) is 11.6. The van der Waals surface area contributed by atoms with E-state index in [1.165, 1.54) is 19.1 Å². The standard InChI is InChI=1S/C29H20F8O/c1-3-4-16-5-7-20(24(32)9-16)18-12-26(34)28(27(35)13-18)29(36,37)38-19-6-8-21(25(33)14-19)17-10-22(30)15(2)23(31)11-17/h5-14H,3-4H2,1-2H3. The number of alkyl halides is 2. The van der Waals surface area contributed by atoms with Crippen LogP contribution in [-0.2, 0) is 12.5 Å². The van der Waals surface area contributed by atoms with Crippen molar-refractivity contribution in [2.75, 3.05) is 0 Å². The van der Waals surface area contributed by atoms with Crippen LogP contribution in [0.25, 0.3) is 22.3 Å². The summed E-state index contributed by atoms with van der Waals surface area (Å²) in [5, 5.41) is 0. The number of hydrogen-bond acceptors (Lipinski definition) is 1. The highest BCUT2D eigenvalue weighted by atomic mass is 19.3. The Bertz CT molecular complexity index is 1470. The number of hydrogen-bond donors (Lipinski definition) is 0. The van der Waals surface area contributed by atoms with Crippen LogP contribution in [-0.4, -0.2) is 0 Å². The second-order valence-electron chi connectivity index (χ2n) is 8.70. The van der Waals surface area contributed by atoms with Crippen LogP contribution in [0.5, 0.6) is 5.75 Å². The monoisotopic (exact) mass is 536 g/mol. The highest BCUT2D eigenvalue weighted by Crippen LogP contribution is 2.38. The van der Waals surface area contributed by atoms with E-state index >= 15 is 0 Å². The van der Waals surface area contributed by atoms with Gasteiger partial charge in [0.15, 0.2) is 0 Å². The quantitative estimate of drug-likeness (QED) is 0.214. The van der Waals surface area contributed by atoms with Crippen molar-refractivity contribution in [2.24, 2.45) is 0 Å². The lowest BCUT2D eigenvalue weighted by molar-refractivity contribution is -0.189. The van der Waals surface area contributed by atoms with Crippen LogP contribution in [0.3, 0.4) is 0 Å². The lowest BCUT2D eigenvalue weighted by Gasteiger charge is -2.20. The molecule has 0 N–H and O–H groups in total. The molecule has 0 aliphatic carbocycles. The SMILES string of the molecule is CCCc1ccc(-c2cc(F)c(C(F)(F)Oc3ccc(-c4cc(F)c(C)c(F)c4)c(F)c3)c(F)c2)c(F)c1. The molecule has 0 spiro atoms. The number of ether oxygens (including phenoxy) is 1. The summed E-state index contributed by atoms with van der Waals surface area (Å²) in [6, 6.07) is 9.23. The fourth-order valence-electron chi connectivity index (χ4n) is 4.04. The molecule has 4 aromatic carbocycles. The highest BCUT2D eigenvalue weighted by Gasteiger charge is 2.41. The van der Waals surface area contributed by atoms with Gasteiger partial charge in [0.05, 0.1) is 0 Å². The van der Waals surface area contributed by atoms with Gasteiger partial charge < -0.3 is 4.74 Å². The van der Waals surface area contributed by atoms with E-state index in [1.54, 1.807) is 6.07 Å². The Kier molecular flexibility index (Phi) is 7.49. The summed E-state index contributed by atoms with van der Waals surface area (Å²) in [5.41, 5.74) is -2.34. The van der Waals surface area contributed by atoms with Crippen molar-refractivity contribution in [3.8, 4) is 28.0 Å². The van der Waals surface area contributed by atoms with Crippen LogP contribution in [0.2, 0.25) is 0 Å². The molecule has 0 radical (unpaired) electrons. The summed E-state index contributed by atoms with van der Waals surface area (Å²) in [6.07, 6.45) is -3.25. The first-order valence-electron chi connectivity index (χ1n) is 11.5. The number of aryl methyl sites for hydroxylation is 1. The molecule has 0 bridgehead atoms. The molecule has 0 atom stereocenters. The molecule has 0 aliphatic heterocycles. The van der Waals surface area contributed by atoms with Crippen molar-refractivity contribution in [1.82, 2.24) is 0 Å². The van der Waals surface area contributed by atoms with Crippen LogP contribution in [0.15, 0.2) is 60.7 Å². The van der Waals surface area contributed by atoms with Crippen molar-refractivity contribution >= 4 is 0 Å². The lowest BCUT2D eigenvalue weighted by Crippen LogP contribution is -2.25. The maximum Gasteiger partial charge on any atom is 0.432 e. The van der Waals surface area contributed by atoms with Crippen LogP contribution in [0.1, 0.15) is 30.0 Å². The highest BCUT2D eigenvalue weighted by molar-refractivity contribution is 5.66. The summed E-state index contributed by atoms with van der Waals surface area (Å²) < 4.78 is 120. The van der Waals surface area contributed by atoms with Gasteiger partial charge in [0, 0.05) is 22.8 Å². The Morgan fingerprint density at radius 3 is 1.63 bits per heavy atom. The summed E-state index contributed by atoms with van der Waals surface area (Å²) in [7, 11) is 0. The molecule has 0 saturated heterocycles. The largest absolute Gasteiger partial charge is 0.432 e.